The van der Waals surface area contributed by atoms with Crippen molar-refractivity contribution in [1.29, 1.82) is 0 Å². The maximum absolute atomic E-state index is 12.0. The van der Waals surface area contributed by atoms with E-state index in [1.54, 1.807) is 25.8 Å². The second kappa shape index (κ2) is 4.29. The normalized spacial score (nSPS) is 21.7. The molecule has 1 amide bonds. The van der Waals surface area contributed by atoms with E-state index in [2.05, 4.69) is 0 Å². The van der Waals surface area contributed by atoms with E-state index in [1.807, 2.05) is 18.7 Å². The van der Waals surface area contributed by atoms with E-state index in [9.17, 15) is 9.59 Å². The minimum Gasteiger partial charge on any atom is -0.481 e. The molecule has 1 rings (SSSR count). The molecular formula is C12H22N2O3. The van der Waals surface area contributed by atoms with Crippen molar-refractivity contribution in [2.24, 2.45) is 5.41 Å². The molecule has 0 radical (unpaired) electrons. The highest BCUT2D eigenvalue weighted by molar-refractivity contribution is 5.86. The second-order valence-electron chi connectivity index (χ2n) is 5.90. The third kappa shape index (κ3) is 2.60. The van der Waals surface area contributed by atoms with Gasteiger partial charge in [0.05, 0.1) is 11.0 Å². The minimum absolute atomic E-state index is 0.0462. The van der Waals surface area contributed by atoms with Crippen LogP contribution in [0.2, 0.25) is 0 Å². The van der Waals surface area contributed by atoms with Gasteiger partial charge < -0.3 is 10.0 Å². The minimum atomic E-state index is -0.840. The fraction of sp³-hybridized carbons (Fsp3) is 0.833. The summed E-state index contributed by atoms with van der Waals surface area (Å²) < 4.78 is 0. The molecule has 5 nitrogen and oxygen atoms in total. The number of carboxylic acids is 1. The molecule has 0 aliphatic carbocycles. The van der Waals surface area contributed by atoms with Gasteiger partial charge in [-0.1, -0.05) is 0 Å². The van der Waals surface area contributed by atoms with Crippen molar-refractivity contribution in [1.82, 2.24) is 9.80 Å². The Morgan fingerprint density at radius 1 is 1.41 bits per heavy atom. The first-order valence-corrected chi connectivity index (χ1v) is 5.83. The summed E-state index contributed by atoms with van der Waals surface area (Å²) in [4.78, 5) is 26.8. The van der Waals surface area contributed by atoms with E-state index in [0.29, 0.717) is 19.6 Å². The van der Waals surface area contributed by atoms with Gasteiger partial charge in [-0.25, -0.2) is 0 Å². The molecular weight excluding hydrogens is 220 g/mol. The molecule has 5 heteroatoms. The van der Waals surface area contributed by atoms with Gasteiger partial charge in [0.1, 0.15) is 0 Å². The first-order chi connectivity index (χ1) is 7.59. The Morgan fingerprint density at radius 3 is 2.41 bits per heavy atom. The van der Waals surface area contributed by atoms with Crippen LogP contribution < -0.4 is 0 Å². The van der Waals surface area contributed by atoms with Crippen molar-refractivity contribution in [2.45, 2.75) is 33.2 Å². The average molecular weight is 242 g/mol. The van der Waals surface area contributed by atoms with E-state index in [4.69, 9.17) is 5.11 Å². The van der Waals surface area contributed by atoms with E-state index in [0.717, 1.165) is 0 Å². The van der Waals surface area contributed by atoms with Crippen LogP contribution in [0.25, 0.3) is 0 Å². The number of likely N-dealkylation sites (N-methyl/N-ethyl adjacent to an activating group) is 1. The number of carbonyl (C=O) groups excluding carboxylic acids is 1. The van der Waals surface area contributed by atoms with Crippen molar-refractivity contribution in [3.63, 3.8) is 0 Å². The molecule has 0 bridgehead atoms. The summed E-state index contributed by atoms with van der Waals surface area (Å²) in [5.74, 6) is -0.787. The van der Waals surface area contributed by atoms with Crippen LogP contribution in [-0.2, 0) is 9.59 Å². The quantitative estimate of drug-likeness (QED) is 0.789. The van der Waals surface area contributed by atoms with Crippen molar-refractivity contribution >= 4 is 11.9 Å². The van der Waals surface area contributed by atoms with Crippen LogP contribution >= 0.6 is 0 Å². The maximum atomic E-state index is 12.0. The second-order valence-corrected chi connectivity index (χ2v) is 5.90. The molecule has 0 aromatic carbocycles. The fourth-order valence-corrected chi connectivity index (χ4v) is 2.08. The lowest BCUT2D eigenvalue weighted by molar-refractivity contribution is -0.156. The smallest absolute Gasteiger partial charge is 0.310 e. The van der Waals surface area contributed by atoms with Crippen LogP contribution in [0, 0.1) is 5.41 Å². The molecule has 1 saturated heterocycles. The number of hydrogen-bond acceptors (Lipinski definition) is 3. The molecule has 1 fully saturated rings. The van der Waals surface area contributed by atoms with Crippen LogP contribution in [0.3, 0.4) is 0 Å². The highest BCUT2D eigenvalue weighted by Crippen LogP contribution is 2.27. The van der Waals surface area contributed by atoms with Crippen LogP contribution in [0.15, 0.2) is 0 Å². The number of carboxylic acid groups (broad SMARTS) is 1. The number of nitrogens with zero attached hydrogens (tertiary/aromatic N) is 2. The van der Waals surface area contributed by atoms with Gasteiger partial charge in [0.25, 0.3) is 0 Å². The Morgan fingerprint density at radius 2 is 1.94 bits per heavy atom. The highest BCUT2D eigenvalue weighted by atomic mass is 16.4. The number of carbonyl (C=O) groups is 2. The number of amides is 1. The lowest BCUT2D eigenvalue weighted by atomic mass is 9.88. The van der Waals surface area contributed by atoms with E-state index < -0.39 is 16.9 Å². The number of hydrogen-bond donors (Lipinski definition) is 1. The summed E-state index contributed by atoms with van der Waals surface area (Å²) in [6.45, 7) is 8.83. The topological polar surface area (TPSA) is 60.9 Å². The molecule has 0 aromatic rings. The number of aliphatic carboxylic acids is 1. The van der Waals surface area contributed by atoms with Crippen LogP contribution in [0.5, 0.6) is 0 Å². The van der Waals surface area contributed by atoms with Gasteiger partial charge in [0.15, 0.2) is 0 Å². The Hall–Kier alpha value is -1.10. The van der Waals surface area contributed by atoms with Gasteiger partial charge in [-0.3, -0.25) is 14.5 Å². The zero-order valence-electron chi connectivity index (χ0n) is 11.3. The van der Waals surface area contributed by atoms with Gasteiger partial charge in [-0.05, 0) is 27.7 Å². The molecule has 98 valence electrons. The van der Waals surface area contributed by atoms with Crippen molar-refractivity contribution in [2.75, 3.05) is 26.7 Å². The molecule has 0 saturated carbocycles. The summed E-state index contributed by atoms with van der Waals surface area (Å²) in [5.41, 5.74) is -1.47. The van der Waals surface area contributed by atoms with Gasteiger partial charge in [-0.2, -0.15) is 0 Å². The van der Waals surface area contributed by atoms with Crippen LogP contribution in [0.4, 0.5) is 0 Å². The van der Waals surface area contributed by atoms with Gasteiger partial charge in [0.2, 0.25) is 5.91 Å². The van der Waals surface area contributed by atoms with Crippen molar-refractivity contribution in [3.05, 3.63) is 0 Å². The number of piperazine rings is 1. The van der Waals surface area contributed by atoms with Crippen molar-refractivity contribution < 1.29 is 14.7 Å². The average Bonchev–Trinajstić information content (AvgIpc) is 2.19. The lowest BCUT2D eigenvalue weighted by Gasteiger charge is -2.46. The molecule has 0 aromatic heterocycles. The predicted octanol–water partition coefficient (Wildman–Crippen LogP) is 0.650. The summed E-state index contributed by atoms with van der Waals surface area (Å²) >= 11 is 0. The third-order valence-electron chi connectivity index (χ3n) is 3.53. The molecule has 1 N–H and O–H groups in total. The van der Waals surface area contributed by atoms with Crippen molar-refractivity contribution in [3.8, 4) is 0 Å². The Labute approximate surface area is 102 Å². The lowest BCUT2D eigenvalue weighted by Crippen LogP contribution is -2.63. The SMILES string of the molecule is CN1CCN(CC(C)(C)C(=O)O)C(C)(C)C1=O. The van der Waals surface area contributed by atoms with E-state index in [-0.39, 0.29) is 5.91 Å². The zero-order chi connectivity index (χ0) is 13.4. The summed E-state index contributed by atoms with van der Waals surface area (Å²) in [5, 5.41) is 9.14. The molecule has 1 heterocycles. The number of rotatable bonds is 3. The molecule has 0 unspecified atom stereocenters. The zero-order valence-corrected chi connectivity index (χ0v) is 11.3. The van der Waals surface area contributed by atoms with E-state index >= 15 is 0 Å². The molecule has 0 spiro atoms. The van der Waals surface area contributed by atoms with Gasteiger partial charge in [0, 0.05) is 26.7 Å². The Bertz CT molecular complexity index is 337. The first kappa shape index (κ1) is 14.0. The highest BCUT2D eigenvalue weighted by Gasteiger charge is 2.43. The summed E-state index contributed by atoms with van der Waals surface area (Å²) in [7, 11) is 1.78. The first-order valence-electron chi connectivity index (χ1n) is 5.83. The maximum Gasteiger partial charge on any atom is 0.310 e. The molecule has 1 aliphatic heterocycles. The third-order valence-corrected chi connectivity index (χ3v) is 3.53. The van der Waals surface area contributed by atoms with Gasteiger partial charge >= 0.3 is 5.97 Å². The van der Waals surface area contributed by atoms with Crippen LogP contribution in [0.1, 0.15) is 27.7 Å². The Kier molecular flexibility index (Phi) is 3.52. The fourth-order valence-electron chi connectivity index (χ4n) is 2.08. The van der Waals surface area contributed by atoms with E-state index in [1.165, 1.54) is 0 Å². The molecule has 0 atom stereocenters. The van der Waals surface area contributed by atoms with Crippen LogP contribution in [-0.4, -0.2) is 59.0 Å². The predicted molar refractivity (Wildman–Crippen MR) is 64.7 cm³/mol. The summed E-state index contributed by atoms with van der Waals surface area (Å²) in [6, 6.07) is 0. The Balaban J connectivity index is 2.86. The van der Waals surface area contributed by atoms with Gasteiger partial charge in [-0.15, -0.1) is 0 Å². The largest absolute Gasteiger partial charge is 0.481 e. The summed E-state index contributed by atoms with van der Waals surface area (Å²) in [6.07, 6.45) is 0. The monoisotopic (exact) mass is 242 g/mol. The molecule has 17 heavy (non-hydrogen) atoms. The standard InChI is InChI=1S/C12H22N2O3/c1-11(2,10(16)17)8-14-7-6-13(5)9(15)12(14,3)4/h6-8H2,1-5H3,(H,16,17). The molecule has 1 aliphatic rings.